The van der Waals surface area contributed by atoms with Gasteiger partial charge in [0.05, 0.1) is 13.2 Å². The highest BCUT2D eigenvalue weighted by molar-refractivity contribution is 7.47. The summed E-state index contributed by atoms with van der Waals surface area (Å²) < 4.78 is 25.4. The Kier molecular flexibility index (Phi) is 17.8. The maximum atomic E-state index is 11.6. The molecule has 0 amide bonds. The van der Waals surface area contributed by atoms with Crippen molar-refractivity contribution in [2.24, 2.45) is 5.73 Å². The van der Waals surface area contributed by atoms with Gasteiger partial charge in [-0.05, 0) is 25.7 Å². The second kappa shape index (κ2) is 18.3. The van der Waals surface area contributed by atoms with Gasteiger partial charge in [0, 0.05) is 13.0 Å². The van der Waals surface area contributed by atoms with E-state index in [1.165, 1.54) is 25.7 Å². The minimum atomic E-state index is -4.24. The van der Waals surface area contributed by atoms with Crippen molar-refractivity contribution in [3.8, 4) is 0 Å². The number of hydrogen-bond acceptors (Lipinski definition) is 7. The fourth-order valence-corrected chi connectivity index (χ4v) is 3.09. The van der Waals surface area contributed by atoms with Crippen molar-refractivity contribution in [2.75, 3.05) is 26.4 Å². The molecule has 1 unspecified atom stereocenters. The number of aliphatic hydroxyl groups is 1. The summed E-state index contributed by atoms with van der Waals surface area (Å²) in [5.74, 6) is -0.399. The maximum Gasteiger partial charge on any atom is 0.472 e. The zero-order valence-electron chi connectivity index (χ0n) is 17.1. The van der Waals surface area contributed by atoms with Crippen LogP contribution in [0.25, 0.3) is 0 Å². The van der Waals surface area contributed by atoms with Crippen LogP contribution in [0.3, 0.4) is 0 Å². The van der Waals surface area contributed by atoms with E-state index in [-0.39, 0.29) is 19.8 Å². The molecular formula is C19H38NO7P. The molecule has 0 aromatic heterocycles. The number of rotatable bonds is 19. The van der Waals surface area contributed by atoms with Crippen LogP contribution < -0.4 is 5.73 Å². The van der Waals surface area contributed by atoms with E-state index in [9.17, 15) is 19.4 Å². The number of hydrogen-bond donors (Lipinski definition) is 3. The lowest BCUT2D eigenvalue weighted by atomic mass is 10.1. The van der Waals surface area contributed by atoms with E-state index in [0.29, 0.717) is 6.42 Å². The van der Waals surface area contributed by atoms with Crippen molar-refractivity contribution in [1.29, 1.82) is 0 Å². The normalized spacial score (nSPS) is 14.9. The van der Waals surface area contributed by atoms with Gasteiger partial charge in [0.2, 0.25) is 0 Å². The monoisotopic (exact) mass is 423 g/mol. The maximum absolute atomic E-state index is 11.6. The van der Waals surface area contributed by atoms with Crippen LogP contribution in [0.5, 0.6) is 0 Å². The van der Waals surface area contributed by atoms with E-state index in [0.717, 1.165) is 32.1 Å². The Hall–Kier alpha value is -0.760. The van der Waals surface area contributed by atoms with Gasteiger partial charge in [-0.25, -0.2) is 4.57 Å². The van der Waals surface area contributed by atoms with Crippen LogP contribution in [-0.2, 0) is 23.1 Å². The molecule has 0 heterocycles. The molecule has 9 heteroatoms. The second-order valence-corrected chi connectivity index (χ2v) is 8.10. The second-order valence-electron chi connectivity index (χ2n) is 6.64. The van der Waals surface area contributed by atoms with Gasteiger partial charge in [-0.1, -0.05) is 51.2 Å². The van der Waals surface area contributed by atoms with Gasteiger partial charge in [0.15, 0.2) is 0 Å². The molecule has 2 atom stereocenters. The number of phosphoric ester groups is 1. The van der Waals surface area contributed by atoms with Crippen molar-refractivity contribution in [3.63, 3.8) is 0 Å². The fourth-order valence-electron chi connectivity index (χ4n) is 2.31. The Morgan fingerprint density at radius 1 is 1.04 bits per heavy atom. The summed E-state index contributed by atoms with van der Waals surface area (Å²) in [5, 5.41) is 9.63. The summed E-state index contributed by atoms with van der Waals surface area (Å²) in [5.41, 5.74) is 5.15. The number of phosphoric acid groups is 1. The average Bonchev–Trinajstić information content (AvgIpc) is 2.67. The Morgan fingerprint density at radius 3 is 2.36 bits per heavy atom. The molecule has 0 bridgehead atoms. The molecule has 0 aliphatic carbocycles. The number of aliphatic hydroxyl groups excluding tert-OH is 1. The first-order valence-electron chi connectivity index (χ1n) is 10.2. The Balaban J connectivity index is 3.56. The lowest BCUT2D eigenvalue weighted by Crippen LogP contribution is -2.23. The minimum absolute atomic E-state index is 0.0736. The van der Waals surface area contributed by atoms with Crippen LogP contribution in [0.1, 0.15) is 71.1 Å². The van der Waals surface area contributed by atoms with Gasteiger partial charge in [-0.3, -0.25) is 13.8 Å². The van der Waals surface area contributed by atoms with E-state index in [4.69, 9.17) is 10.5 Å². The molecule has 0 aromatic carbocycles. The zero-order chi connectivity index (χ0) is 21.1. The van der Waals surface area contributed by atoms with Crippen molar-refractivity contribution < 1.29 is 33.1 Å². The molecule has 0 spiro atoms. The summed E-state index contributed by atoms with van der Waals surface area (Å²) >= 11 is 0. The highest BCUT2D eigenvalue weighted by Crippen LogP contribution is 2.42. The lowest BCUT2D eigenvalue weighted by molar-refractivity contribution is -0.147. The van der Waals surface area contributed by atoms with E-state index < -0.39 is 26.5 Å². The van der Waals surface area contributed by atoms with Crippen LogP contribution in [0.4, 0.5) is 0 Å². The summed E-state index contributed by atoms with van der Waals surface area (Å²) in [6, 6.07) is 0. The van der Waals surface area contributed by atoms with Gasteiger partial charge in [0.25, 0.3) is 0 Å². The van der Waals surface area contributed by atoms with Crippen LogP contribution >= 0.6 is 7.82 Å². The van der Waals surface area contributed by atoms with Gasteiger partial charge < -0.3 is 20.5 Å². The molecule has 0 aliphatic rings. The van der Waals surface area contributed by atoms with Crippen molar-refractivity contribution in [3.05, 3.63) is 12.2 Å². The molecule has 0 saturated carbocycles. The number of allylic oxidation sites excluding steroid dienone is 2. The van der Waals surface area contributed by atoms with Crippen molar-refractivity contribution in [1.82, 2.24) is 0 Å². The molecule has 0 rings (SSSR count). The first-order valence-corrected chi connectivity index (χ1v) is 11.7. The van der Waals surface area contributed by atoms with Crippen LogP contribution in [0.15, 0.2) is 12.2 Å². The molecule has 4 N–H and O–H groups in total. The largest absolute Gasteiger partial charge is 0.472 e. The Bertz CT molecular complexity index is 460. The first-order chi connectivity index (χ1) is 13.4. The molecule has 28 heavy (non-hydrogen) atoms. The zero-order valence-corrected chi connectivity index (χ0v) is 18.0. The number of esters is 1. The highest BCUT2D eigenvalue weighted by Gasteiger charge is 2.22. The summed E-state index contributed by atoms with van der Waals surface area (Å²) in [4.78, 5) is 20.9. The topological polar surface area (TPSA) is 128 Å². The lowest BCUT2D eigenvalue weighted by Gasteiger charge is -2.15. The molecule has 0 saturated heterocycles. The smallest absolute Gasteiger partial charge is 0.463 e. The first kappa shape index (κ1) is 27.2. The van der Waals surface area contributed by atoms with E-state index in [2.05, 4.69) is 28.1 Å². The van der Waals surface area contributed by atoms with Crippen LogP contribution in [0, 0.1) is 0 Å². The fraction of sp³-hybridized carbons (Fsp3) is 0.842. The minimum Gasteiger partial charge on any atom is -0.463 e. The standard InChI is InChI=1S/C19H38NO7P/c1-2-3-4-5-6-7-8-9-10-11-12-13-19(22)25-16-18(21)17-27-28(23,24)26-15-14-20/h5-6,18,21H,2-4,7-17,20H2,1H3,(H,23,24)/t18-/m1/s1. The Labute approximate surface area is 169 Å². The molecule has 0 aromatic rings. The predicted octanol–water partition coefficient (Wildman–Crippen LogP) is 3.46. The van der Waals surface area contributed by atoms with Gasteiger partial charge in [-0.2, -0.15) is 0 Å². The van der Waals surface area contributed by atoms with Crippen molar-refractivity contribution >= 4 is 13.8 Å². The third-order valence-electron chi connectivity index (χ3n) is 3.88. The highest BCUT2D eigenvalue weighted by atomic mass is 31.2. The van der Waals surface area contributed by atoms with E-state index in [1.54, 1.807) is 0 Å². The average molecular weight is 423 g/mol. The van der Waals surface area contributed by atoms with Crippen LogP contribution in [0.2, 0.25) is 0 Å². The Morgan fingerprint density at radius 2 is 1.68 bits per heavy atom. The number of unbranched alkanes of at least 4 members (excludes halogenated alkanes) is 7. The molecule has 0 radical (unpaired) electrons. The van der Waals surface area contributed by atoms with Gasteiger partial charge in [0.1, 0.15) is 12.7 Å². The summed E-state index contributed by atoms with van der Waals surface area (Å²) in [6.45, 7) is 1.37. The third-order valence-corrected chi connectivity index (χ3v) is 4.87. The SMILES string of the molecule is CCCCC=CCCCCCCCC(=O)OC[C@@H](O)COP(=O)(O)OCCN. The summed E-state index contributed by atoms with van der Waals surface area (Å²) in [7, 11) is -4.24. The molecule has 166 valence electrons. The quantitative estimate of drug-likeness (QED) is 0.125. The van der Waals surface area contributed by atoms with Crippen molar-refractivity contribution in [2.45, 2.75) is 77.2 Å². The van der Waals surface area contributed by atoms with Gasteiger partial charge >= 0.3 is 13.8 Å². The van der Waals surface area contributed by atoms with E-state index >= 15 is 0 Å². The molecule has 0 aliphatic heterocycles. The third kappa shape index (κ3) is 18.6. The molecular weight excluding hydrogens is 385 g/mol. The number of carbonyl (C=O) groups excluding carboxylic acids is 1. The summed E-state index contributed by atoms with van der Waals surface area (Å²) in [6.07, 6.45) is 13.5. The molecule has 8 nitrogen and oxygen atoms in total. The predicted molar refractivity (Wildman–Crippen MR) is 109 cm³/mol. The number of nitrogens with two attached hydrogens (primary N) is 1. The van der Waals surface area contributed by atoms with Crippen LogP contribution in [-0.4, -0.2) is 48.4 Å². The molecule has 0 fully saturated rings. The van der Waals surface area contributed by atoms with Gasteiger partial charge in [-0.15, -0.1) is 0 Å². The number of carbonyl (C=O) groups is 1. The van der Waals surface area contributed by atoms with E-state index in [1.807, 2.05) is 0 Å². The number of ether oxygens (including phenoxy) is 1.